The SMILES string of the molecule is CSc1nc2c(c(OS(=O)(=O)C(F)(F)F)n1)CCC1(CCCc3ccccc31)C2. The third-order valence-corrected chi connectivity index (χ3v) is 7.23. The number of fused-ring (bicyclic) bond motifs is 3. The van der Waals surface area contributed by atoms with E-state index in [0.29, 0.717) is 30.5 Å². The monoisotopic (exact) mass is 444 g/mol. The van der Waals surface area contributed by atoms with Gasteiger partial charge in [0.2, 0.25) is 5.88 Å². The van der Waals surface area contributed by atoms with Gasteiger partial charge >= 0.3 is 15.6 Å². The molecule has 0 amide bonds. The molecular formula is C19H19F3N2O3S2. The zero-order valence-electron chi connectivity index (χ0n) is 15.6. The van der Waals surface area contributed by atoms with Crippen molar-refractivity contribution in [3.8, 4) is 5.88 Å². The average molecular weight is 445 g/mol. The Morgan fingerprint density at radius 3 is 2.62 bits per heavy atom. The predicted octanol–water partition coefficient (Wildman–Crippen LogP) is 4.19. The molecule has 1 unspecified atom stereocenters. The molecule has 5 nitrogen and oxygen atoms in total. The summed E-state index contributed by atoms with van der Waals surface area (Å²) in [6.45, 7) is 0. The lowest BCUT2D eigenvalue weighted by Crippen LogP contribution is -2.38. The molecular weight excluding hydrogens is 425 g/mol. The Hall–Kier alpha value is -1.81. The van der Waals surface area contributed by atoms with Crippen LogP contribution in [0.3, 0.4) is 0 Å². The minimum Gasteiger partial charge on any atom is -0.355 e. The Labute approximate surface area is 171 Å². The summed E-state index contributed by atoms with van der Waals surface area (Å²) in [4.78, 5) is 8.43. The van der Waals surface area contributed by atoms with Crippen molar-refractivity contribution in [2.24, 2.45) is 0 Å². The van der Waals surface area contributed by atoms with Gasteiger partial charge in [0.25, 0.3) is 0 Å². The summed E-state index contributed by atoms with van der Waals surface area (Å²) in [7, 11) is -5.79. The number of rotatable bonds is 3. The van der Waals surface area contributed by atoms with Gasteiger partial charge in [-0.1, -0.05) is 36.0 Å². The maximum atomic E-state index is 12.8. The van der Waals surface area contributed by atoms with Gasteiger partial charge in [0, 0.05) is 11.0 Å². The second-order valence-electron chi connectivity index (χ2n) is 7.39. The third kappa shape index (κ3) is 3.61. The van der Waals surface area contributed by atoms with Crippen LogP contribution in [-0.4, -0.2) is 30.1 Å². The first-order valence-electron chi connectivity index (χ1n) is 9.18. The number of alkyl halides is 3. The zero-order valence-corrected chi connectivity index (χ0v) is 17.3. The van der Waals surface area contributed by atoms with Crippen molar-refractivity contribution in [2.75, 3.05) is 6.26 Å². The summed E-state index contributed by atoms with van der Waals surface area (Å²) in [6.07, 6.45) is 6.24. The summed E-state index contributed by atoms with van der Waals surface area (Å²) in [5.41, 5.74) is -2.19. The first-order chi connectivity index (χ1) is 13.7. The first kappa shape index (κ1) is 20.5. The molecule has 29 heavy (non-hydrogen) atoms. The molecule has 0 saturated carbocycles. The molecule has 0 aliphatic heterocycles. The summed E-state index contributed by atoms with van der Waals surface area (Å²) in [5.74, 6) is -0.504. The number of aryl methyl sites for hydroxylation is 1. The number of nitrogens with zero attached hydrogens (tertiary/aromatic N) is 2. The van der Waals surface area contributed by atoms with Gasteiger partial charge in [0.05, 0.1) is 5.69 Å². The quantitative estimate of drug-likeness (QED) is 0.306. The number of aromatic nitrogens is 2. The van der Waals surface area contributed by atoms with Crippen LogP contribution in [0.15, 0.2) is 29.4 Å². The molecule has 0 N–H and O–H groups in total. The van der Waals surface area contributed by atoms with Gasteiger partial charge in [-0.15, -0.1) is 0 Å². The fourth-order valence-electron chi connectivity index (χ4n) is 4.42. The number of thioether (sulfide) groups is 1. The minimum absolute atomic E-state index is 0.147. The zero-order chi connectivity index (χ0) is 20.9. The van der Waals surface area contributed by atoms with Crippen molar-refractivity contribution in [1.29, 1.82) is 0 Å². The summed E-state index contributed by atoms with van der Waals surface area (Å²) >= 11 is 1.13. The maximum absolute atomic E-state index is 12.8. The first-order valence-corrected chi connectivity index (χ1v) is 11.8. The molecule has 10 heteroatoms. The maximum Gasteiger partial charge on any atom is 0.534 e. The molecule has 0 fully saturated rings. The van der Waals surface area contributed by atoms with Crippen LogP contribution in [0.1, 0.15) is 41.6 Å². The Kier molecular flexibility index (Phi) is 5.05. The molecule has 1 aromatic carbocycles. The van der Waals surface area contributed by atoms with E-state index in [2.05, 4.69) is 26.3 Å². The van der Waals surface area contributed by atoms with Crippen LogP contribution in [0.25, 0.3) is 0 Å². The molecule has 1 atom stereocenters. The lowest BCUT2D eigenvalue weighted by molar-refractivity contribution is -0.0502. The smallest absolute Gasteiger partial charge is 0.355 e. The highest BCUT2D eigenvalue weighted by Gasteiger charge is 2.50. The van der Waals surface area contributed by atoms with E-state index >= 15 is 0 Å². The van der Waals surface area contributed by atoms with Gasteiger partial charge in [-0.3, -0.25) is 0 Å². The Morgan fingerprint density at radius 1 is 1.14 bits per heavy atom. The van der Waals surface area contributed by atoms with Gasteiger partial charge in [-0.05, 0) is 55.9 Å². The van der Waals surface area contributed by atoms with E-state index in [-0.39, 0.29) is 10.6 Å². The van der Waals surface area contributed by atoms with E-state index in [4.69, 9.17) is 0 Å². The topological polar surface area (TPSA) is 69.2 Å². The average Bonchev–Trinajstić information content (AvgIpc) is 2.67. The van der Waals surface area contributed by atoms with E-state index < -0.39 is 21.5 Å². The van der Waals surface area contributed by atoms with E-state index in [1.54, 1.807) is 6.26 Å². The van der Waals surface area contributed by atoms with E-state index in [1.165, 1.54) is 11.1 Å². The third-order valence-electron chi connectivity index (χ3n) is 5.74. The van der Waals surface area contributed by atoms with Crippen LogP contribution in [-0.2, 0) is 34.8 Å². The highest BCUT2D eigenvalue weighted by atomic mass is 32.2. The lowest BCUT2D eigenvalue weighted by atomic mass is 9.62. The van der Waals surface area contributed by atoms with Crippen molar-refractivity contribution < 1.29 is 25.8 Å². The molecule has 0 saturated heterocycles. The number of benzene rings is 1. The Balaban J connectivity index is 1.77. The van der Waals surface area contributed by atoms with Crippen molar-refractivity contribution in [3.63, 3.8) is 0 Å². The van der Waals surface area contributed by atoms with E-state index in [1.807, 2.05) is 12.1 Å². The van der Waals surface area contributed by atoms with Crippen LogP contribution in [0.2, 0.25) is 0 Å². The van der Waals surface area contributed by atoms with Gasteiger partial charge in [0.1, 0.15) is 0 Å². The van der Waals surface area contributed by atoms with E-state index in [0.717, 1.165) is 31.0 Å². The fourth-order valence-corrected chi connectivity index (χ4v) is 5.23. The summed E-state index contributed by atoms with van der Waals surface area (Å²) < 4.78 is 66.0. The Morgan fingerprint density at radius 2 is 1.90 bits per heavy atom. The van der Waals surface area contributed by atoms with Crippen molar-refractivity contribution in [3.05, 3.63) is 46.6 Å². The van der Waals surface area contributed by atoms with Crippen molar-refractivity contribution in [1.82, 2.24) is 9.97 Å². The molecule has 0 bridgehead atoms. The molecule has 1 spiro atoms. The van der Waals surface area contributed by atoms with E-state index in [9.17, 15) is 21.6 Å². The molecule has 1 heterocycles. The number of hydrogen-bond donors (Lipinski definition) is 0. The van der Waals surface area contributed by atoms with Gasteiger partial charge in [-0.25, -0.2) is 4.98 Å². The molecule has 2 aliphatic rings. The molecule has 2 aromatic rings. The van der Waals surface area contributed by atoms with Gasteiger partial charge in [-0.2, -0.15) is 26.6 Å². The highest BCUT2D eigenvalue weighted by molar-refractivity contribution is 7.98. The lowest BCUT2D eigenvalue weighted by Gasteiger charge is -2.42. The molecule has 2 aliphatic carbocycles. The van der Waals surface area contributed by atoms with Crippen LogP contribution in [0, 0.1) is 0 Å². The number of hydrogen-bond acceptors (Lipinski definition) is 6. The largest absolute Gasteiger partial charge is 0.534 e. The normalized spacial score (nSPS) is 21.5. The fraction of sp³-hybridized carbons (Fsp3) is 0.474. The molecule has 1 aromatic heterocycles. The van der Waals surface area contributed by atoms with Crippen LogP contribution in [0.4, 0.5) is 13.2 Å². The van der Waals surface area contributed by atoms with Crippen molar-refractivity contribution >= 4 is 21.9 Å². The minimum atomic E-state index is -5.79. The van der Waals surface area contributed by atoms with Gasteiger partial charge < -0.3 is 4.18 Å². The summed E-state index contributed by atoms with van der Waals surface area (Å²) in [5, 5.41) is 0.192. The summed E-state index contributed by atoms with van der Waals surface area (Å²) in [6, 6.07) is 8.24. The van der Waals surface area contributed by atoms with Gasteiger partial charge in [0.15, 0.2) is 5.16 Å². The molecule has 4 rings (SSSR count). The number of halogens is 3. The molecule has 0 radical (unpaired) electrons. The highest BCUT2D eigenvalue weighted by Crippen LogP contribution is 2.47. The van der Waals surface area contributed by atoms with Crippen LogP contribution >= 0.6 is 11.8 Å². The second-order valence-corrected chi connectivity index (χ2v) is 9.70. The van der Waals surface area contributed by atoms with Crippen molar-refractivity contribution in [2.45, 2.75) is 54.6 Å². The molecule has 156 valence electrons. The standard InChI is InChI=1S/C19H19F3N2O3S2/c1-28-17-23-15-11-18(9-4-6-12-5-2-3-7-14(12)18)10-8-13(15)16(24-17)27-29(25,26)19(20,21)22/h2-3,5,7H,4,6,8-11H2,1H3. The van der Waals surface area contributed by atoms with Crippen LogP contribution in [0.5, 0.6) is 5.88 Å². The van der Waals surface area contributed by atoms with Crippen LogP contribution < -0.4 is 4.18 Å². The second kappa shape index (κ2) is 7.16. The Bertz CT molecular complexity index is 1060. The predicted molar refractivity (Wildman–Crippen MR) is 102 cm³/mol.